The molecule has 0 fully saturated rings. The monoisotopic (exact) mass is 730 g/mol. The molecule has 0 amide bonds. The van der Waals surface area contributed by atoms with Crippen LogP contribution in [-0.4, -0.2) is 15.0 Å². The van der Waals surface area contributed by atoms with Gasteiger partial charge in [-0.05, 0) is 87.7 Å². The van der Waals surface area contributed by atoms with Gasteiger partial charge >= 0.3 is 0 Å². The second-order valence-corrected chi connectivity index (χ2v) is 15.1. The van der Waals surface area contributed by atoms with Crippen molar-refractivity contribution in [3.05, 3.63) is 221 Å². The topological polar surface area (TPSA) is 41.9 Å². The molecule has 1 spiro atoms. The molecule has 1 aliphatic carbocycles. The molecule has 1 unspecified atom stereocenters. The zero-order valence-corrected chi connectivity index (χ0v) is 31.8. The third-order valence-electron chi connectivity index (χ3n) is 12.1. The van der Waals surface area contributed by atoms with E-state index in [0.717, 1.165) is 39.9 Å². The van der Waals surface area contributed by atoms with Crippen molar-refractivity contribution >= 4 is 22.6 Å². The maximum atomic E-state index is 5.29. The van der Waals surface area contributed by atoms with E-state index in [1.54, 1.807) is 0 Å². The summed E-state index contributed by atoms with van der Waals surface area (Å²) in [7, 11) is 0. The number of fused-ring (bicyclic) bond motifs is 8. The molecule has 4 nitrogen and oxygen atoms in total. The minimum atomic E-state index is -0.416. The molecule has 0 radical (unpaired) electrons. The molecule has 1 aromatic heterocycles. The lowest BCUT2D eigenvalue weighted by Gasteiger charge is -2.48. The number of nitrogens with zero attached hydrogens (tertiary/aromatic N) is 4. The Labute approximate surface area is 333 Å². The van der Waals surface area contributed by atoms with E-state index in [2.05, 4.69) is 176 Å². The van der Waals surface area contributed by atoms with Crippen LogP contribution in [0.15, 0.2) is 188 Å². The van der Waals surface area contributed by atoms with Gasteiger partial charge in [-0.2, -0.15) is 0 Å². The molecule has 270 valence electrons. The summed E-state index contributed by atoms with van der Waals surface area (Å²) in [6.07, 6.45) is 5.21. The molecule has 3 aliphatic rings. The Hall–Kier alpha value is -7.17. The quantitative estimate of drug-likeness (QED) is 0.177. The fraction of sp³-hybridized carbons (Fsp3) is 0.0755. The lowest BCUT2D eigenvalue weighted by Crippen LogP contribution is -2.38. The van der Waals surface area contributed by atoms with Crippen molar-refractivity contribution in [3.8, 4) is 45.3 Å². The zero-order valence-electron chi connectivity index (χ0n) is 31.8. The van der Waals surface area contributed by atoms with Gasteiger partial charge in [-0.1, -0.05) is 164 Å². The molecule has 4 heteroatoms. The summed E-state index contributed by atoms with van der Waals surface area (Å²) in [4.78, 5) is 18.1. The molecule has 0 bridgehead atoms. The number of anilines is 3. The van der Waals surface area contributed by atoms with Gasteiger partial charge in [0, 0.05) is 23.1 Å². The molecule has 11 rings (SSSR count). The van der Waals surface area contributed by atoms with Crippen LogP contribution >= 0.6 is 0 Å². The Morgan fingerprint density at radius 2 is 1.09 bits per heavy atom. The van der Waals surface area contributed by atoms with Crippen LogP contribution in [0.3, 0.4) is 0 Å². The molecule has 0 N–H and O–H groups in total. The number of benzene rings is 7. The first-order valence-electron chi connectivity index (χ1n) is 19.7. The van der Waals surface area contributed by atoms with Crippen LogP contribution in [0.2, 0.25) is 0 Å². The van der Waals surface area contributed by atoms with Gasteiger partial charge in [-0.3, -0.25) is 0 Å². The van der Waals surface area contributed by atoms with Gasteiger partial charge in [0.2, 0.25) is 0 Å². The smallest absolute Gasteiger partial charge is 0.164 e. The highest BCUT2D eigenvalue weighted by atomic mass is 15.2. The van der Waals surface area contributed by atoms with Crippen molar-refractivity contribution in [2.24, 2.45) is 0 Å². The Morgan fingerprint density at radius 3 is 1.89 bits per heavy atom. The standard InChI is InChI=1S/C53H38N4/c1-3-17-40-34(2)53(44-27-11-10-25-41(40)44)45-28-12-13-30-48(45)57-47-31-16-26-42(43(47)33-38-23-15-29-46(53)49(38)57)52-55-50(36-20-8-5-9-21-36)54-51(56-52)39-24-14-22-37(32-39)35-18-6-4-7-19-35/h3-32H,33H2,1-2H3/b17-3-. The molecule has 0 saturated carbocycles. The molecular formula is C53H38N4. The summed E-state index contributed by atoms with van der Waals surface area (Å²) >= 11 is 0. The number of para-hydroxylation sites is 2. The van der Waals surface area contributed by atoms with Crippen molar-refractivity contribution in [2.45, 2.75) is 25.7 Å². The lowest BCUT2D eigenvalue weighted by atomic mass is 9.63. The predicted octanol–water partition coefficient (Wildman–Crippen LogP) is 12.9. The largest absolute Gasteiger partial charge is 0.309 e. The summed E-state index contributed by atoms with van der Waals surface area (Å²) in [5.41, 5.74) is 18.8. The highest BCUT2D eigenvalue weighted by molar-refractivity contribution is 5.99. The van der Waals surface area contributed by atoms with Crippen LogP contribution in [0.4, 0.5) is 17.1 Å². The van der Waals surface area contributed by atoms with Gasteiger partial charge in [0.15, 0.2) is 17.5 Å². The fourth-order valence-corrected chi connectivity index (χ4v) is 9.71. The van der Waals surface area contributed by atoms with Crippen molar-refractivity contribution < 1.29 is 0 Å². The molecular weight excluding hydrogens is 693 g/mol. The normalized spacial score (nSPS) is 16.1. The van der Waals surface area contributed by atoms with Gasteiger partial charge in [0.05, 0.1) is 22.5 Å². The average Bonchev–Trinajstić information content (AvgIpc) is 3.52. The number of rotatable bonds is 5. The van der Waals surface area contributed by atoms with E-state index >= 15 is 0 Å². The Morgan fingerprint density at radius 1 is 0.509 bits per heavy atom. The van der Waals surface area contributed by atoms with E-state index in [9.17, 15) is 0 Å². The van der Waals surface area contributed by atoms with Gasteiger partial charge in [0.1, 0.15) is 0 Å². The lowest BCUT2D eigenvalue weighted by molar-refractivity contribution is 0.724. The van der Waals surface area contributed by atoms with E-state index in [1.807, 2.05) is 24.3 Å². The van der Waals surface area contributed by atoms with Crippen LogP contribution in [0.5, 0.6) is 0 Å². The predicted molar refractivity (Wildman–Crippen MR) is 233 cm³/mol. The van der Waals surface area contributed by atoms with Gasteiger partial charge in [0.25, 0.3) is 0 Å². The molecule has 2 aliphatic heterocycles. The summed E-state index contributed by atoms with van der Waals surface area (Å²) in [6, 6.07) is 60.8. The molecule has 3 heterocycles. The molecule has 57 heavy (non-hydrogen) atoms. The van der Waals surface area contributed by atoms with E-state index in [1.165, 1.54) is 55.9 Å². The van der Waals surface area contributed by atoms with Crippen molar-refractivity contribution in [1.82, 2.24) is 15.0 Å². The SMILES string of the molecule is C/C=C\C1=C(C)C2(c3ccccc31)c1ccccc1N1c3cccc(-c4nc(-c5ccccc5)nc(-c5cccc(-c6ccccc6)c5)n4)c3Cc3cccc2c31. The second-order valence-electron chi connectivity index (χ2n) is 15.1. The first-order valence-corrected chi connectivity index (χ1v) is 19.7. The Kier molecular flexibility index (Phi) is 7.55. The number of hydrogen-bond donors (Lipinski definition) is 0. The highest BCUT2D eigenvalue weighted by Crippen LogP contribution is 2.64. The van der Waals surface area contributed by atoms with Gasteiger partial charge in [-0.25, -0.2) is 15.0 Å². The summed E-state index contributed by atoms with van der Waals surface area (Å²) in [5.74, 6) is 1.97. The minimum Gasteiger partial charge on any atom is -0.309 e. The van der Waals surface area contributed by atoms with Crippen molar-refractivity contribution in [3.63, 3.8) is 0 Å². The molecule has 8 aromatic rings. The van der Waals surface area contributed by atoms with Gasteiger partial charge in [-0.15, -0.1) is 0 Å². The van der Waals surface area contributed by atoms with Crippen LogP contribution in [0.1, 0.15) is 47.2 Å². The Balaban J connectivity index is 1.13. The zero-order chi connectivity index (χ0) is 38.1. The summed E-state index contributed by atoms with van der Waals surface area (Å²) in [5, 5.41) is 0. The van der Waals surface area contributed by atoms with Crippen LogP contribution < -0.4 is 4.90 Å². The summed E-state index contributed by atoms with van der Waals surface area (Å²) in [6.45, 7) is 4.46. The Bertz CT molecular complexity index is 2960. The third-order valence-corrected chi connectivity index (χ3v) is 12.1. The van der Waals surface area contributed by atoms with E-state index in [4.69, 9.17) is 15.0 Å². The number of hydrogen-bond acceptors (Lipinski definition) is 4. The number of aromatic nitrogens is 3. The van der Waals surface area contributed by atoms with Crippen LogP contribution in [-0.2, 0) is 11.8 Å². The van der Waals surface area contributed by atoms with E-state index in [0.29, 0.717) is 17.5 Å². The summed E-state index contributed by atoms with van der Waals surface area (Å²) < 4.78 is 0. The average molecular weight is 731 g/mol. The second kappa shape index (κ2) is 13.0. The fourth-order valence-electron chi connectivity index (χ4n) is 9.71. The van der Waals surface area contributed by atoms with Gasteiger partial charge < -0.3 is 4.90 Å². The van der Waals surface area contributed by atoms with Crippen molar-refractivity contribution in [1.29, 1.82) is 0 Å². The van der Waals surface area contributed by atoms with Crippen molar-refractivity contribution in [2.75, 3.05) is 4.90 Å². The van der Waals surface area contributed by atoms with E-state index in [-0.39, 0.29) is 0 Å². The minimum absolute atomic E-state index is 0.416. The third kappa shape index (κ3) is 4.90. The first-order chi connectivity index (χ1) is 28.1. The number of allylic oxidation sites excluding steroid dienone is 4. The highest BCUT2D eigenvalue weighted by Gasteiger charge is 2.52. The maximum Gasteiger partial charge on any atom is 0.164 e. The van der Waals surface area contributed by atoms with Crippen LogP contribution in [0.25, 0.3) is 50.9 Å². The maximum absolute atomic E-state index is 5.29. The van der Waals surface area contributed by atoms with Crippen LogP contribution in [0, 0.1) is 0 Å². The molecule has 1 atom stereocenters. The van der Waals surface area contributed by atoms with E-state index < -0.39 is 5.41 Å². The molecule has 0 saturated heterocycles. The molecule has 7 aromatic carbocycles. The first kappa shape index (κ1) is 33.2.